The minimum Gasteiger partial charge on any atom is -0.496 e. The van der Waals surface area contributed by atoms with Gasteiger partial charge in [-0.1, -0.05) is 39.5 Å². The van der Waals surface area contributed by atoms with Crippen molar-refractivity contribution in [2.75, 3.05) is 12.8 Å². The van der Waals surface area contributed by atoms with E-state index in [9.17, 15) is 4.39 Å². The summed E-state index contributed by atoms with van der Waals surface area (Å²) >= 11 is 0. The standard InChI is InChI=1S/C26H37FN4O2/c1-5-7-8-10-22(9-6-2)30-17-20(15-28)19-13-25(26(29)31-16-19)33-18(3)23-14-21(27)11-12-24(23)32-4/h11-18,22,28,30H,5-10H2,1-4H3,(H2,29,31)/b20-17+,28-15?. The molecular formula is C26H37FN4O2. The van der Waals surface area contributed by atoms with Crippen LogP contribution in [0.15, 0.2) is 36.7 Å². The number of unbranched alkanes of at least 4 members (excludes halogenated alkanes) is 2. The maximum Gasteiger partial charge on any atom is 0.166 e. The lowest BCUT2D eigenvalue weighted by Gasteiger charge is -2.19. The molecule has 0 aliphatic heterocycles. The third-order valence-electron chi connectivity index (χ3n) is 5.57. The van der Waals surface area contributed by atoms with Crippen LogP contribution in [0.3, 0.4) is 0 Å². The van der Waals surface area contributed by atoms with Crippen LogP contribution in [0.4, 0.5) is 10.2 Å². The molecule has 1 heterocycles. The number of methoxy groups -OCH3 is 1. The number of nitrogens with two attached hydrogens (primary N) is 1. The average molecular weight is 457 g/mol. The molecule has 1 aromatic carbocycles. The molecule has 7 heteroatoms. The lowest BCUT2D eigenvalue weighted by atomic mass is 10.0. The fourth-order valence-electron chi connectivity index (χ4n) is 3.70. The largest absolute Gasteiger partial charge is 0.496 e. The van der Waals surface area contributed by atoms with Crippen LogP contribution >= 0.6 is 0 Å². The molecule has 1 aromatic heterocycles. The molecule has 2 unspecified atom stereocenters. The molecule has 2 aromatic rings. The van der Waals surface area contributed by atoms with Crippen LogP contribution in [0, 0.1) is 11.2 Å². The van der Waals surface area contributed by atoms with Gasteiger partial charge < -0.3 is 25.9 Å². The quantitative estimate of drug-likeness (QED) is 0.230. The van der Waals surface area contributed by atoms with Crippen molar-refractivity contribution in [3.05, 3.63) is 53.6 Å². The van der Waals surface area contributed by atoms with Gasteiger partial charge in [0.15, 0.2) is 11.6 Å². The molecule has 2 atom stereocenters. The molecule has 6 nitrogen and oxygen atoms in total. The Balaban J connectivity index is 2.22. The maximum atomic E-state index is 13.8. The predicted molar refractivity (Wildman–Crippen MR) is 133 cm³/mol. The van der Waals surface area contributed by atoms with Crippen molar-refractivity contribution in [2.45, 2.75) is 71.4 Å². The van der Waals surface area contributed by atoms with Crippen LogP contribution in [0.25, 0.3) is 5.57 Å². The highest BCUT2D eigenvalue weighted by atomic mass is 19.1. The molecule has 0 saturated carbocycles. The summed E-state index contributed by atoms with van der Waals surface area (Å²) in [4.78, 5) is 4.25. The number of ether oxygens (including phenoxy) is 2. The number of allylic oxidation sites excluding steroid dienone is 1. The monoisotopic (exact) mass is 456 g/mol. The summed E-state index contributed by atoms with van der Waals surface area (Å²) in [5, 5.41) is 11.4. The van der Waals surface area contributed by atoms with E-state index in [1.807, 2.05) is 6.20 Å². The lowest BCUT2D eigenvalue weighted by Crippen LogP contribution is -2.24. The summed E-state index contributed by atoms with van der Waals surface area (Å²) in [7, 11) is 1.53. The first kappa shape index (κ1) is 26.2. The van der Waals surface area contributed by atoms with Gasteiger partial charge in [-0.3, -0.25) is 0 Å². The smallest absolute Gasteiger partial charge is 0.166 e. The number of hydrogen-bond donors (Lipinski definition) is 3. The van der Waals surface area contributed by atoms with E-state index in [-0.39, 0.29) is 11.6 Å². The zero-order chi connectivity index (χ0) is 24.2. The van der Waals surface area contributed by atoms with Crippen molar-refractivity contribution in [2.24, 2.45) is 0 Å². The molecule has 4 N–H and O–H groups in total. The van der Waals surface area contributed by atoms with Crippen LogP contribution in [-0.2, 0) is 0 Å². The van der Waals surface area contributed by atoms with Gasteiger partial charge in [-0.15, -0.1) is 0 Å². The summed E-state index contributed by atoms with van der Waals surface area (Å²) in [5.41, 5.74) is 8.02. The van der Waals surface area contributed by atoms with Crippen LogP contribution in [0.5, 0.6) is 11.5 Å². The van der Waals surface area contributed by atoms with Crippen molar-refractivity contribution in [1.29, 1.82) is 5.41 Å². The fourth-order valence-corrected chi connectivity index (χ4v) is 3.70. The van der Waals surface area contributed by atoms with E-state index in [0.717, 1.165) is 19.3 Å². The Morgan fingerprint density at radius 1 is 1.18 bits per heavy atom. The summed E-state index contributed by atoms with van der Waals surface area (Å²) in [5.74, 6) is 0.747. The zero-order valence-corrected chi connectivity index (χ0v) is 20.2. The highest BCUT2D eigenvalue weighted by molar-refractivity contribution is 6.08. The van der Waals surface area contributed by atoms with E-state index in [1.54, 1.807) is 25.3 Å². The zero-order valence-electron chi connectivity index (χ0n) is 20.2. The Labute approximate surface area is 196 Å². The van der Waals surface area contributed by atoms with E-state index < -0.39 is 6.10 Å². The Kier molecular flexibility index (Phi) is 10.7. The second-order valence-electron chi connectivity index (χ2n) is 8.15. The highest BCUT2D eigenvalue weighted by Crippen LogP contribution is 2.32. The number of anilines is 1. The summed E-state index contributed by atoms with van der Waals surface area (Å²) in [6.07, 6.45) is 11.1. The summed E-state index contributed by atoms with van der Waals surface area (Å²) < 4.78 is 25.2. The molecular weight excluding hydrogens is 419 g/mol. The topological polar surface area (TPSA) is 93.3 Å². The van der Waals surface area contributed by atoms with Crippen molar-refractivity contribution in [1.82, 2.24) is 10.3 Å². The Morgan fingerprint density at radius 3 is 2.64 bits per heavy atom. The first-order chi connectivity index (χ1) is 15.9. The van der Waals surface area contributed by atoms with Gasteiger partial charge in [0, 0.05) is 41.4 Å². The summed E-state index contributed by atoms with van der Waals surface area (Å²) in [6.45, 7) is 6.18. The minimum atomic E-state index is -0.520. The van der Waals surface area contributed by atoms with Gasteiger partial charge >= 0.3 is 0 Å². The van der Waals surface area contributed by atoms with Crippen molar-refractivity contribution in [3.63, 3.8) is 0 Å². The van der Waals surface area contributed by atoms with Crippen LogP contribution < -0.4 is 20.5 Å². The molecule has 0 radical (unpaired) electrons. The number of pyridine rings is 1. The molecule has 180 valence electrons. The average Bonchev–Trinajstić information content (AvgIpc) is 2.81. The third-order valence-corrected chi connectivity index (χ3v) is 5.57. The number of benzene rings is 1. The van der Waals surface area contributed by atoms with Gasteiger partial charge in [0.1, 0.15) is 17.7 Å². The first-order valence-electron chi connectivity index (χ1n) is 11.7. The van der Waals surface area contributed by atoms with Crippen molar-refractivity contribution < 1.29 is 13.9 Å². The van der Waals surface area contributed by atoms with Gasteiger partial charge in [0.05, 0.1) is 7.11 Å². The van der Waals surface area contributed by atoms with Gasteiger partial charge in [0.25, 0.3) is 0 Å². The van der Waals surface area contributed by atoms with Crippen LogP contribution in [0.1, 0.15) is 76.5 Å². The number of nitrogens with zero attached hydrogens (tertiary/aromatic N) is 1. The van der Waals surface area contributed by atoms with E-state index in [1.165, 1.54) is 44.7 Å². The molecule has 0 aliphatic carbocycles. The normalized spacial score (nSPS) is 13.3. The SMILES string of the molecule is CCCCCC(CCC)N/C=C(\C=N)c1cnc(N)c(OC(C)c2cc(F)ccc2OC)c1. The van der Waals surface area contributed by atoms with E-state index in [2.05, 4.69) is 24.1 Å². The van der Waals surface area contributed by atoms with Crippen LogP contribution in [-0.4, -0.2) is 24.4 Å². The molecule has 0 aliphatic rings. The van der Waals surface area contributed by atoms with Crippen LogP contribution in [0.2, 0.25) is 0 Å². The van der Waals surface area contributed by atoms with E-state index >= 15 is 0 Å². The molecule has 33 heavy (non-hydrogen) atoms. The molecule has 0 fully saturated rings. The molecule has 0 spiro atoms. The second-order valence-corrected chi connectivity index (χ2v) is 8.15. The molecule has 0 amide bonds. The van der Waals surface area contributed by atoms with Gasteiger partial charge in [0.2, 0.25) is 0 Å². The van der Waals surface area contributed by atoms with E-state index in [0.29, 0.717) is 34.2 Å². The van der Waals surface area contributed by atoms with Gasteiger partial charge in [-0.05, 0) is 44.0 Å². The molecule has 0 bridgehead atoms. The number of halogens is 1. The van der Waals surface area contributed by atoms with Gasteiger partial charge in [-0.25, -0.2) is 9.37 Å². The number of aromatic nitrogens is 1. The highest BCUT2D eigenvalue weighted by Gasteiger charge is 2.17. The van der Waals surface area contributed by atoms with E-state index in [4.69, 9.17) is 20.6 Å². The molecule has 0 saturated heterocycles. The second kappa shape index (κ2) is 13.5. The van der Waals surface area contributed by atoms with Crippen molar-refractivity contribution >= 4 is 17.6 Å². The minimum absolute atomic E-state index is 0.224. The summed E-state index contributed by atoms with van der Waals surface area (Å²) in [6, 6.07) is 6.42. The van der Waals surface area contributed by atoms with Crippen molar-refractivity contribution in [3.8, 4) is 11.5 Å². The maximum absolute atomic E-state index is 13.8. The van der Waals surface area contributed by atoms with Gasteiger partial charge in [-0.2, -0.15) is 0 Å². The number of nitrogens with one attached hydrogen (secondary N) is 2. The Morgan fingerprint density at radius 2 is 1.97 bits per heavy atom. The number of rotatable bonds is 14. The Bertz CT molecular complexity index is 933. The third kappa shape index (κ3) is 7.77. The number of nitrogen functional groups attached to an aromatic ring is 1. The Hall–Kier alpha value is -3.09. The molecule has 2 rings (SSSR count). The fraction of sp³-hybridized carbons (Fsp3) is 0.462. The first-order valence-corrected chi connectivity index (χ1v) is 11.7. The predicted octanol–water partition coefficient (Wildman–Crippen LogP) is 6.28. The number of hydrogen-bond acceptors (Lipinski definition) is 6. The lowest BCUT2D eigenvalue weighted by molar-refractivity contribution is 0.221.